The Balaban J connectivity index is 2.16. The molecule has 0 bridgehead atoms. The quantitative estimate of drug-likeness (QED) is 0.662. The Labute approximate surface area is 124 Å². The van der Waals surface area contributed by atoms with Crippen molar-refractivity contribution >= 4 is 27.3 Å². The number of para-hydroxylation sites is 1. The standard InChI is InChI=1S/C14H13BrN2O3/c1-16-12-7-6-10(8-13(12)17(18)19)9-20-14-5-3-2-4-11(14)15/h2-8,16H,9H2,1H3. The topological polar surface area (TPSA) is 64.4 Å². The van der Waals surface area contributed by atoms with E-state index in [-0.39, 0.29) is 12.3 Å². The minimum atomic E-state index is -0.409. The zero-order valence-corrected chi connectivity index (χ0v) is 12.4. The molecular weight excluding hydrogens is 324 g/mol. The van der Waals surface area contributed by atoms with Crippen LogP contribution in [-0.2, 0) is 6.61 Å². The van der Waals surface area contributed by atoms with Crippen molar-refractivity contribution in [1.82, 2.24) is 0 Å². The van der Waals surface area contributed by atoms with Crippen molar-refractivity contribution in [3.63, 3.8) is 0 Å². The molecule has 0 fully saturated rings. The summed E-state index contributed by atoms with van der Waals surface area (Å²) in [7, 11) is 1.65. The first-order chi connectivity index (χ1) is 9.61. The smallest absolute Gasteiger partial charge is 0.292 e. The molecule has 2 rings (SSSR count). The van der Waals surface area contributed by atoms with E-state index in [9.17, 15) is 10.1 Å². The van der Waals surface area contributed by atoms with Gasteiger partial charge in [0.05, 0.1) is 9.40 Å². The fourth-order valence-corrected chi connectivity index (χ4v) is 2.15. The van der Waals surface area contributed by atoms with E-state index in [2.05, 4.69) is 21.2 Å². The van der Waals surface area contributed by atoms with Gasteiger partial charge in [0.1, 0.15) is 18.0 Å². The van der Waals surface area contributed by atoms with Crippen molar-refractivity contribution in [3.8, 4) is 5.75 Å². The van der Waals surface area contributed by atoms with Gasteiger partial charge < -0.3 is 10.1 Å². The fraction of sp³-hybridized carbons (Fsp3) is 0.143. The van der Waals surface area contributed by atoms with Gasteiger partial charge in [0, 0.05) is 13.1 Å². The second-order valence-electron chi connectivity index (χ2n) is 4.08. The number of halogens is 1. The van der Waals surface area contributed by atoms with Crippen LogP contribution in [0.1, 0.15) is 5.56 Å². The number of nitrogens with zero attached hydrogens (tertiary/aromatic N) is 1. The summed E-state index contributed by atoms with van der Waals surface area (Å²) < 4.78 is 6.49. The number of benzene rings is 2. The molecule has 0 atom stereocenters. The van der Waals surface area contributed by atoms with Gasteiger partial charge in [-0.1, -0.05) is 18.2 Å². The van der Waals surface area contributed by atoms with Gasteiger partial charge in [-0.2, -0.15) is 0 Å². The molecular formula is C14H13BrN2O3. The first-order valence-electron chi connectivity index (χ1n) is 5.94. The largest absolute Gasteiger partial charge is 0.488 e. The molecule has 1 N–H and O–H groups in total. The molecule has 104 valence electrons. The SMILES string of the molecule is CNc1ccc(COc2ccccc2Br)cc1[N+](=O)[O-]. The van der Waals surface area contributed by atoms with Gasteiger partial charge in [-0.15, -0.1) is 0 Å². The maximum absolute atomic E-state index is 11.0. The minimum Gasteiger partial charge on any atom is -0.488 e. The second kappa shape index (κ2) is 6.38. The highest BCUT2D eigenvalue weighted by molar-refractivity contribution is 9.10. The maximum Gasteiger partial charge on any atom is 0.292 e. The van der Waals surface area contributed by atoms with Gasteiger partial charge in [-0.05, 0) is 39.7 Å². The Morgan fingerprint density at radius 3 is 2.70 bits per heavy atom. The molecule has 0 saturated heterocycles. The predicted molar refractivity (Wildman–Crippen MR) is 81.1 cm³/mol. The van der Waals surface area contributed by atoms with E-state index in [0.717, 1.165) is 10.0 Å². The summed E-state index contributed by atoms with van der Waals surface area (Å²) in [6.07, 6.45) is 0. The van der Waals surface area contributed by atoms with Crippen LogP contribution < -0.4 is 10.1 Å². The third kappa shape index (κ3) is 3.27. The molecule has 0 heterocycles. The Hall–Kier alpha value is -2.08. The van der Waals surface area contributed by atoms with Gasteiger partial charge in [0.25, 0.3) is 5.69 Å². The summed E-state index contributed by atoms with van der Waals surface area (Å²) in [4.78, 5) is 10.6. The first kappa shape index (κ1) is 14.3. The van der Waals surface area contributed by atoms with Crippen LogP contribution in [0.4, 0.5) is 11.4 Å². The second-order valence-corrected chi connectivity index (χ2v) is 4.93. The van der Waals surface area contributed by atoms with Crippen LogP contribution >= 0.6 is 15.9 Å². The van der Waals surface area contributed by atoms with E-state index in [1.165, 1.54) is 6.07 Å². The highest BCUT2D eigenvalue weighted by Crippen LogP contribution is 2.27. The molecule has 2 aromatic carbocycles. The summed E-state index contributed by atoms with van der Waals surface area (Å²) in [6.45, 7) is 0.271. The monoisotopic (exact) mass is 336 g/mol. The van der Waals surface area contributed by atoms with Crippen molar-refractivity contribution in [2.45, 2.75) is 6.61 Å². The van der Waals surface area contributed by atoms with Crippen LogP contribution in [0.2, 0.25) is 0 Å². The molecule has 0 spiro atoms. The predicted octanol–water partition coefficient (Wildman–Crippen LogP) is 3.98. The summed E-state index contributed by atoms with van der Waals surface area (Å²) in [5.74, 6) is 0.702. The third-order valence-corrected chi connectivity index (χ3v) is 3.41. The zero-order chi connectivity index (χ0) is 14.5. The molecule has 0 aliphatic carbocycles. The Bertz CT molecular complexity index is 632. The summed E-state index contributed by atoms with van der Waals surface area (Å²) in [6, 6.07) is 12.5. The van der Waals surface area contributed by atoms with Crippen molar-refractivity contribution in [2.24, 2.45) is 0 Å². The highest BCUT2D eigenvalue weighted by atomic mass is 79.9. The Kier molecular flexibility index (Phi) is 4.57. The average molecular weight is 337 g/mol. The van der Waals surface area contributed by atoms with Gasteiger partial charge in [-0.3, -0.25) is 10.1 Å². The number of hydrogen-bond donors (Lipinski definition) is 1. The molecule has 6 heteroatoms. The van der Waals surface area contributed by atoms with E-state index in [1.807, 2.05) is 24.3 Å². The number of nitro groups is 1. The third-order valence-electron chi connectivity index (χ3n) is 2.76. The summed E-state index contributed by atoms with van der Waals surface area (Å²) in [5, 5.41) is 13.8. The minimum absolute atomic E-state index is 0.0423. The number of nitro benzene ring substituents is 1. The van der Waals surface area contributed by atoms with Crippen LogP contribution in [0.15, 0.2) is 46.9 Å². The molecule has 0 saturated carbocycles. The molecule has 0 aliphatic rings. The average Bonchev–Trinajstić information content (AvgIpc) is 2.46. The van der Waals surface area contributed by atoms with Crippen molar-refractivity contribution in [1.29, 1.82) is 0 Å². The molecule has 0 aliphatic heterocycles. The molecule has 0 radical (unpaired) electrons. The van der Waals surface area contributed by atoms with E-state index in [1.54, 1.807) is 19.2 Å². The van der Waals surface area contributed by atoms with E-state index >= 15 is 0 Å². The van der Waals surface area contributed by atoms with Crippen LogP contribution in [0, 0.1) is 10.1 Å². The number of nitrogens with one attached hydrogen (secondary N) is 1. The number of rotatable bonds is 5. The molecule has 5 nitrogen and oxygen atoms in total. The molecule has 2 aromatic rings. The van der Waals surface area contributed by atoms with Crippen molar-refractivity contribution < 1.29 is 9.66 Å². The maximum atomic E-state index is 11.0. The Morgan fingerprint density at radius 2 is 2.05 bits per heavy atom. The lowest BCUT2D eigenvalue weighted by Gasteiger charge is -2.09. The fourth-order valence-electron chi connectivity index (χ4n) is 1.75. The first-order valence-corrected chi connectivity index (χ1v) is 6.73. The van der Waals surface area contributed by atoms with Crippen LogP contribution in [0.3, 0.4) is 0 Å². The lowest BCUT2D eigenvalue weighted by atomic mass is 10.2. The van der Waals surface area contributed by atoms with Crippen molar-refractivity contribution in [3.05, 3.63) is 62.6 Å². The van der Waals surface area contributed by atoms with Crippen LogP contribution in [0.5, 0.6) is 5.75 Å². The van der Waals surface area contributed by atoms with Crippen molar-refractivity contribution in [2.75, 3.05) is 12.4 Å². The molecule has 0 unspecified atom stereocenters. The normalized spacial score (nSPS) is 10.1. The van der Waals surface area contributed by atoms with Gasteiger partial charge in [0.2, 0.25) is 0 Å². The Morgan fingerprint density at radius 1 is 1.30 bits per heavy atom. The zero-order valence-electron chi connectivity index (χ0n) is 10.8. The lowest BCUT2D eigenvalue weighted by molar-refractivity contribution is -0.384. The van der Waals surface area contributed by atoms with Gasteiger partial charge >= 0.3 is 0 Å². The summed E-state index contributed by atoms with van der Waals surface area (Å²) in [5.41, 5.74) is 1.27. The van der Waals surface area contributed by atoms with Gasteiger partial charge in [-0.25, -0.2) is 0 Å². The number of anilines is 1. The molecule has 20 heavy (non-hydrogen) atoms. The van der Waals surface area contributed by atoms with Gasteiger partial charge in [0.15, 0.2) is 0 Å². The van der Waals surface area contributed by atoms with E-state index < -0.39 is 4.92 Å². The molecule has 0 amide bonds. The summed E-state index contributed by atoms with van der Waals surface area (Å²) >= 11 is 3.39. The lowest BCUT2D eigenvalue weighted by Crippen LogP contribution is -2.00. The van der Waals surface area contributed by atoms with Crippen LogP contribution in [-0.4, -0.2) is 12.0 Å². The van der Waals surface area contributed by atoms with Crippen LogP contribution in [0.25, 0.3) is 0 Å². The van der Waals surface area contributed by atoms with E-state index in [4.69, 9.17) is 4.74 Å². The highest BCUT2D eigenvalue weighted by Gasteiger charge is 2.13. The number of hydrogen-bond acceptors (Lipinski definition) is 4. The van der Waals surface area contributed by atoms with E-state index in [0.29, 0.717) is 11.4 Å². The molecule has 0 aromatic heterocycles. The number of ether oxygens (including phenoxy) is 1.